The Hall–Kier alpha value is -1.57. The van der Waals surface area contributed by atoms with Crippen molar-refractivity contribution in [2.45, 2.75) is 25.7 Å². The highest BCUT2D eigenvalue weighted by atomic mass is 16.1. The molecule has 78 valence electrons. The van der Waals surface area contributed by atoms with E-state index >= 15 is 0 Å². The Morgan fingerprint density at radius 1 is 1.20 bits per heavy atom. The van der Waals surface area contributed by atoms with Gasteiger partial charge in [-0.3, -0.25) is 4.79 Å². The molecular formula is C13H15NO. The predicted molar refractivity (Wildman–Crippen MR) is 60.7 cm³/mol. The number of aryl methyl sites for hydroxylation is 2. The minimum absolute atomic E-state index is 0.00845. The maximum absolute atomic E-state index is 11.6. The van der Waals surface area contributed by atoms with E-state index in [4.69, 9.17) is 5.73 Å². The molecule has 0 fully saturated rings. The Morgan fingerprint density at radius 2 is 1.93 bits per heavy atom. The van der Waals surface area contributed by atoms with Gasteiger partial charge < -0.3 is 5.73 Å². The third-order valence-electron chi connectivity index (χ3n) is 2.88. The fourth-order valence-corrected chi connectivity index (χ4v) is 2.07. The number of hydrogen-bond acceptors (Lipinski definition) is 2. The Bertz CT molecular complexity index is 407. The number of nitrogens with two attached hydrogens (primary N) is 1. The molecule has 1 aliphatic rings. The third-order valence-corrected chi connectivity index (χ3v) is 2.88. The lowest BCUT2D eigenvalue weighted by molar-refractivity contribution is 0.104. The van der Waals surface area contributed by atoms with Crippen LogP contribution in [0.15, 0.2) is 30.5 Å². The van der Waals surface area contributed by atoms with Gasteiger partial charge in [0.2, 0.25) is 0 Å². The van der Waals surface area contributed by atoms with Gasteiger partial charge >= 0.3 is 0 Å². The maximum atomic E-state index is 11.6. The van der Waals surface area contributed by atoms with Crippen molar-refractivity contribution in [3.8, 4) is 0 Å². The maximum Gasteiger partial charge on any atom is 0.187 e. The van der Waals surface area contributed by atoms with Gasteiger partial charge in [-0.15, -0.1) is 0 Å². The van der Waals surface area contributed by atoms with E-state index in [0.717, 1.165) is 18.4 Å². The van der Waals surface area contributed by atoms with Gasteiger partial charge in [-0.2, -0.15) is 0 Å². The topological polar surface area (TPSA) is 43.1 Å². The zero-order valence-corrected chi connectivity index (χ0v) is 8.70. The second kappa shape index (κ2) is 4.30. The van der Waals surface area contributed by atoms with Crippen LogP contribution in [-0.4, -0.2) is 5.78 Å². The number of carbonyl (C=O) groups excluding carboxylic acids is 1. The summed E-state index contributed by atoms with van der Waals surface area (Å²) in [6.45, 7) is 0. The molecule has 0 unspecified atom stereocenters. The normalized spacial score (nSPS) is 15.2. The van der Waals surface area contributed by atoms with Crippen molar-refractivity contribution >= 4 is 5.78 Å². The van der Waals surface area contributed by atoms with E-state index in [-0.39, 0.29) is 5.78 Å². The monoisotopic (exact) mass is 201 g/mol. The van der Waals surface area contributed by atoms with Crippen LogP contribution in [0.4, 0.5) is 0 Å². The van der Waals surface area contributed by atoms with E-state index in [1.807, 2.05) is 12.1 Å². The lowest BCUT2D eigenvalue weighted by Gasteiger charge is -2.15. The molecule has 2 N–H and O–H groups in total. The summed E-state index contributed by atoms with van der Waals surface area (Å²) in [5.74, 6) is -0.00845. The van der Waals surface area contributed by atoms with Crippen LogP contribution in [0.5, 0.6) is 0 Å². The Balaban J connectivity index is 2.31. The summed E-state index contributed by atoms with van der Waals surface area (Å²) < 4.78 is 0. The fraction of sp³-hybridized carbons (Fsp3) is 0.308. The summed E-state index contributed by atoms with van der Waals surface area (Å²) in [7, 11) is 0. The summed E-state index contributed by atoms with van der Waals surface area (Å²) in [5.41, 5.74) is 8.68. The average Bonchev–Trinajstić information content (AvgIpc) is 2.29. The van der Waals surface area contributed by atoms with Crippen LogP contribution in [0, 0.1) is 0 Å². The summed E-state index contributed by atoms with van der Waals surface area (Å²) in [6, 6.07) is 5.98. The van der Waals surface area contributed by atoms with Crippen molar-refractivity contribution < 1.29 is 4.79 Å². The standard InChI is InChI=1S/C13H15NO/c14-8-7-13(15)12-6-5-10-3-1-2-4-11(10)9-12/h5-9H,1-4,14H2. The number of allylic oxidation sites excluding steroid dienone is 1. The van der Waals surface area contributed by atoms with Gasteiger partial charge in [0.15, 0.2) is 5.78 Å². The van der Waals surface area contributed by atoms with Crippen LogP contribution in [0.3, 0.4) is 0 Å². The SMILES string of the molecule is NC=CC(=O)c1ccc2c(c1)CCCC2. The van der Waals surface area contributed by atoms with Crippen molar-refractivity contribution in [1.82, 2.24) is 0 Å². The number of hydrogen-bond donors (Lipinski definition) is 1. The molecule has 0 spiro atoms. The van der Waals surface area contributed by atoms with Crippen molar-refractivity contribution in [2.75, 3.05) is 0 Å². The predicted octanol–water partition coefficient (Wildman–Crippen LogP) is 2.22. The van der Waals surface area contributed by atoms with Gasteiger partial charge in [0.1, 0.15) is 0 Å². The highest BCUT2D eigenvalue weighted by molar-refractivity contribution is 6.04. The number of benzene rings is 1. The van der Waals surface area contributed by atoms with Crippen LogP contribution < -0.4 is 5.73 Å². The molecule has 15 heavy (non-hydrogen) atoms. The summed E-state index contributed by atoms with van der Waals surface area (Å²) in [5, 5.41) is 0. The van der Waals surface area contributed by atoms with Gasteiger partial charge in [0, 0.05) is 11.6 Å². The molecule has 2 rings (SSSR count). The number of carbonyl (C=O) groups is 1. The highest BCUT2D eigenvalue weighted by Gasteiger charge is 2.11. The minimum Gasteiger partial charge on any atom is -0.404 e. The van der Waals surface area contributed by atoms with Gasteiger partial charge in [0.05, 0.1) is 0 Å². The van der Waals surface area contributed by atoms with Gasteiger partial charge in [-0.1, -0.05) is 12.1 Å². The number of ketones is 1. The molecule has 0 aromatic heterocycles. The Morgan fingerprint density at radius 3 is 2.67 bits per heavy atom. The van der Waals surface area contributed by atoms with Crippen LogP contribution in [0.1, 0.15) is 34.3 Å². The quantitative estimate of drug-likeness (QED) is 0.589. The van der Waals surface area contributed by atoms with Crippen molar-refractivity contribution in [2.24, 2.45) is 5.73 Å². The highest BCUT2D eigenvalue weighted by Crippen LogP contribution is 2.22. The Kier molecular flexibility index (Phi) is 2.86. The molecule has 0 saturated heterocycles. The molecule has 0 atom stereocenters. The van der Waals surface area contributed by atoms with E-state index in [9.17, 15) is 4.79 Å². The summed E-state index contributed by atoms with van der Waals surface area (Å²) in [4.78, 5) is 11.6. The molecule has 1 aromatic carbocycles. The zero-order chi connectivity index (χ0) is 10.7. The van der Waals surface area contributed by atoms with E-state index in [1.165, 1.54) is 36.2 Å². The molecule has 2 heteroatoms. The van der Waals surface area contributed by atoms with Crippen LogP contribution in [-0.2, 0) is 12.8 Å². The van der Waals surface area contributed by atoms with Crippen molar-refractivity contribution in [1.29, 1.82) is 0 Å². The first-order valence-corrected chi connectivity index (χ1v) is 5.35. The second-order valence-electron chi connectivity index (χ2n) is 3.91. The Labute approximate surface area is 89.8 Å². The second-order valence-corrected chi connectivity index (χ2v) is 3.91. The van der Waals surface area contributed by atoms with E-state index in [2.05, 4.69) is 6.07 Å². The van der Waals surface area contributed by atoms with Crippen LogP contribution in [0.2, 0.25) is 0 Å². The van der Waals surface area contributed by atoms with Crippen LogP contribution >= 0.6 is 0 Å². The first kappa shape index (κ1) is 9.97. The van der Waals surface area contributed by atoms with Gasteiger partial charge in [0.25, 0.3) is 0 Å². The summed E-state index contributed by atoms with van der Waals surface area (Å²) >= 11 is 0. The van der Waals surface area contributed by atoms with E-state index in [0.29, 0.717) is 0 Å². The molecule has 1 aromatic rings. The molecule has 0 aliphatic heterocycles. The molecule has 0 amide bonds. The molecule has 1 aliphatic carbocycles. The fourth-order valence-electron chi connectivity index (χ4n) is 2.07. The number of rotatable bonds is 2. The van der Waals surface area contributed by atoms with Gasteiger partial charge in [-0.05, 0) is 49.1 Å². The van der Waals surface area contributed by atoms with Gasteiger partial charge in [-0.25, -0.2) is 0 Å². The van der Waals surface area contributed by atoms with E-state index < -0.39 is 0 Å². The molecule has 0 bridgehead atoms. The minimum atomic E-state index is -0.00845. The number of fused-ring (bicyclic) bond motifs is 1. The van der Waals surface area contributed by atoms with Crippen molar-refractivity contribution in [3.05, 3.63) is 47.2 Å². The molecule has 2 nitrogen and oxygen atoms in total. The molecule has 0 heterocycles. The lowest BCUT2D eigenvalue weighted by Crippen LogP contribution is -2.05. The van der Waals surface area contributed by atoms with Crippen LogP contribution in [0.25, 0.3) is 0 Å². The molecular weight excluding hydrogens is 186 g/mol. The lowest BCUT2D eigenvalue weighted by atomic mass is 9.90. The smallest absolute Gasteiger partial charge is 0.187 e. The van der Waals surface area contributed by atoms with Crippen molar-refractivity contribution in [3.63, 3.8) is 0 Å². The first-order chi connectivity index (χ1) is 7.31. The average molecular weight is 201 g/mol. The van der Waals surface area contributed by atoms with E-state index in [1.54, 1.807) is 0 Å². The first-order valence-electron chi connectivity index (χ1n) is 5.35. The largest absolute Gasteiger partial charge is 0.404 e. The summed E-state index contributed by atoms with van der Waals surface area (Å²) in [6.07, 6.45) is 7.45. The zero-order valence-electron chi connectivity index (χ0n) is 8.70. The third kappa shape index (κ3) is 2.09. The molecule has 0 radical (unpaired) electrons. The molecule has 0 saturated carbocycles.